The molecule has 2 aromatic rings. The monoisotopic (exact) mass is 396 g/mol. The molecule has 0 aliphatic carbocycles. The molecular formula is C22H24N2O5. The van der Waals surface area contributed by atoms with E-state index in [9.17, 15) is 14.4 Å². The van der Waals surface area contributed by atoms with Crippen LogP contribution in [0.15, 0.2) is 48.5 Å². The molecule has 0 saturated heterocycles. The van der Waals surface area contributed by atoms with Crippen LogP contribution >= 0.6 is 0 Å². The maximum Gasteiger partial charge on any atom is 0.261 e. The van der Waals surface area contributed by atoms with E-state index in [0.717, 1.165) is 11.3 Å². The van der Waals surface area contributed by atoms with Crippen LogP contribution in [0.5, 0.6) is 5.75 Å². The molecule has 7 heteroatoms. The summed E-state index contributed by atoms with van der Waals surface area (Å²) in [5.41, 5.74) is 1.74. The highest BCUT2D eigenvalue weighted by atomic mass is 16.5. The number of carbonyl (C=O) groups excluding carboxylic acids is 3. The van der Waals surface area contributed by atoms with E-state index in [2.05, 4.69) is 5.32 Å². The Labute approximate surface area is 169 Å². The predicted octanol–water partition coefficient (Wildman–Crippen LogP) is 2.58. The predicted molar refractivity (Wildman–Crippen MR) is 107 cm³/mol. The van der Waals surface area contributed by atoms with E-state index in [0.29, 0.717) is 24.1 Å². The standard InChI is InChI=1S/C22H24N2O5/c1-28-16-8-5-7-15(13-16)19(29-2)14-23-20(25)11-6-12-24-21(26)17-9-3-4-10-18(17)22(24)27/h3-5,7-10,13,19H,6,11-12,14H2,1-2H3,(H,23,25). The van der Waals surface area contributed by atoms with Crippen LogP contribution in [0.4, 0.5) is 0 Å². The number of fused-ring (bicyclic) bond motifs is 1. The maximum absolute atomic E-state index is 12.3. The Morgan fingerprint density at radius 2 is 1.72 bits per heavy atom. The van der Waals surface area contributed by atoms with Crippen molar-refractivity contribution in [3.63, 3.8) is 0 Å². The van der Waals surface area contributed by atoms with Crippen molar-refractivity contribution in [2.45, 2.75) is 18.9 Å². The molecule has 1 aliphatic rings. The molecule has 0 saturated carbocycles. The highest BCUT2D eigenvalue weighted by Crippen LogP contribution is 2.23. The lowest BCUT2D eigenvalue weighted by molar-refractivity contribution is -0.121. The van der Waals surface area contributed by atoms with Gasteiger partial charge in [-0.15, -0.1) is 0 Å². The fraction of sp³-hybridized carbons (Fsp3) is 0.318. The number of methoxy groups -OCH3 is 2. The Kier molecular flexibility index (Phi) is 6.61. The normalized spacial score (nSPS) is 13.9. The topological polar surface area (TPSA) is 84.9 Å². The summed E-state index contributed by atoms with van der Waals surface area (Å²) in [6, 6.07) is 14.2. The van der Waals surface area contributed by atoms with Crippen molar-refractivity contribution in [1.29, 1.82) is 0 Å². The summed E-state index contributed by atoms with van der Waals surface area (Å²) in [6.45, 7) is 0.527. The third-order valence-electron chi connectivity index (χ3n) is 4.90. The van der Waals surface area contributed by atoms with Crippen LogP contribution < -0.4 is 10.1 Å². The minimum atomic E-state index is -0.302. The van der Waals surface area contributed by atoms with Gasteiger partial charge in [0.2, 0.25) is 5.91 Å². The molecule has 2 aromatic carbocycles. The Hall–Kier alpha value is -3.19. The van der Waals surface area contributed by atoms with Gasteiger partial charge in [-0.3, -0.25) is 19.3 Å². The zero-order chi connectivity index (χ0) is 20.8. The molecule has 0 bridgehead atoms. The van der Waals surface area contributed by atoms with Gasteiger partial charge in [0, 0.05) is 26.6 Å². The lowest BCUT2D eigenvalue weighted by atomic mass is 10.1. The first-order chi connectivity index (χ1) is 14.0. The van der Waals surface area contributed by atoms with Crippen LogP contribution in [0.25, 0.3) is 0 Å². The van der Waals surface area contributed by atoms with Crippen LogP contribution in [0.3, 0.4) is 0 Å². The van der Waals surface area contributed by atoms with Gasteiger partial charge in [0.05, 0.1) is 24.3 Å². The third-order valence-corrected chi connectivity index (χ3v) is 4.90. The largest absolute Gasteiger partial charge is 0.497 e. The van der Waals surface area contributed by atoms with Crippen molar-refractivity contribution >= 4 is 17.7 Å². The first kappa shape index (κ1) is 20.5. The first-order valence-electron chi connectivity index (χ1n) is 9.43. The van der Waals surface area contributed by atoms with Gasteiger partial charge in [0.25, 0.3) is 11.8 Å². The molecule has 3 rings (SSSR count). The van der Waals surface area contributed by atoms with Crippen molar-refractivity contribution in [1.82, 2.24) is 10.2 Å². The molecule has 0 aromatic heterocycles. The second-order valence-corrected chi connectivity index (χ2v) is 6.72. The molecule has 0 radical (unpaired) electrons. The summed E-state index contributed by atoms with van der Waals surface area (Å²) in [7, 11) is 3.18. The van der Waals surface area contributed by atoms with E-state index in [1.807, 2.05) is 24.3 Å². The molecule has 0 spiro atoms. The Bertz CT molecular complexity index is 877. The molecule has 0 fully saturated rings. The van der Waals surface area contributed by atoms with Gasteiger partial charge in [0.15, 0.2) is 0 Å². The number of nitrogens with one attached hydrogen (secondary N) is 1. The first-order valence-corrected chi connectivity index (χ1v) is 9.43. The van der Waals surface area contributed by atoms with Gasteiger partial charge < -0.3 is 14.8 Å². The number of imide groups is 1. The van der Waals surface area contributed by atoms with E-state index < -0.39 is 0 Å². The lowest BCUT2D eigenvalue weighted by Crippen LogP contribution is -2.33. The van der Waals surface area contributed by atoms with Crippen molar-refractivity contribution in [2.24, 2.45) is 0 Å². The number of benzene rings is 2. The number of rotatable bonds is 9. The Morgan fingerprint density at radius 3 is 2.34 bits per heavy atom. The van der Waals surface area contributed by atoms with Gasteiger partial charge in [-0.1, -0.05) is 24.3 Å². The minimum absolute atomic E-state index is 0.161. The fourth-order valence-corrected chi connectivity index (χ4v) is 3.31. The minimum Gasteiger partial charge on any atom is -0.497 e. The lowest BCUT2D eigenvalue weighted by Gasteiger charge is -2.18. The summed E-state index contributed by atoms with van der Waals surface area (Å²) in [6.07, 6.45) is 0.307. The SMILES string of the molecule is COc1cccc(C(CNC(=O)CCCN2C(=O)c3ccccc3C2=O)OC)c1. The molecule has 1 atom stereocenters. The van der Waals surface area contributed by atoms with Gasteiger partial charge in [-0.2, -0.15) is 0 Å². The van der Waals surface area contributed by atoms with Gasteiger partial charge >= 0.3 is 0 Å². The van der Waals surface area contributed by atoms with Crippen molar-refractivity contribution < 1.29 is 23.9 Å². The number of amides is 3. The van der Waals surface area contributed by atoms with Crippen LogP contribution in [0.2, 0.25) is 0 Å². The molecule has 1 aliphatic heterocycles. The maximum atomic E-state index is 12.3. The van der Waals surface area contributed by atoms with Crippen molar-refractivity contribution in [2.75, 3.05) is 27.3 Å². The van der Waals surface area contributed by atoms with E-state index in [1.54, 1.807) is 38.5 Å². The molecule has 1 unspecified atom stereocenters. The summed E-state index contributed by atoms with van der Waals surface area (Å²) in [5, 5.41) is 2.84. The van der Waals surface area contributed by atoms with Crippen LogP contribution in [-0.4, -0.2) is 49.9 Å². The zero-order valence-electron chi connectivity index (χ0n) is 16.5. The summed E-state index contributed by atoms with van der Waals surface area (Å²) in [5.74, 6) is -0.0460. The molecule has 152 valence electrons. The highest BCUT2D eigenvalue weighted by Gasteiger charge is 2.34. The van der Waals surface area contributed by atoms with E-state index in [-0.39, 0.29) is 36.8 Å². The van der Waals surface area contributed by atoms with Crippen molar-refractivity contribution in [3.05, 3.63) is 65.2 Å². The summed E-state index contributed by atoms with van der Waals surface area (Å²) in [4.78, 5) is 38.0. The molecule has 1 N–H and O–H groups in total. The third kappa shape index (κ3) is 4.63. The summed E-state index contributed by atoms with van der Waals surface area (Å²) >= 11 is 0. The molecule has 1 heterocycles. The van der Waals surface area contributed by atoms with Gasteiger partial charge in [0.1, 0.15) is 5.75 Å². The summed E-state index contributed by atoms with van der Waals surface area (Å²) < 4.78 is 10.7. The number of carbonyl (C=O) groups is 3. The number of nitrogens with zero attached hydrogens (tertiary/aromatic N) is 1. The molecule has 7 nitrogen and oxygen atoms in total. The van der Waals surface area contributed by atoms with Crippen molar-refractivity contribution in [3.8, 4) is 5.75 Å². The average Bonchev–Trinajstić information content (AvgIpc) is 2.99. The van der Waals surface area contributed by atoms with E-state index in [1.165, 1.54) is 4.90 Å². The Morgan fingerprint density at radius 1 is 1.03 bits per heavy atom. The number of hydrogen-bond donors (Lipinski definition) is 1. The molecular weight excluding hydrogens is 372 g/mol. The molecule has 3 amide bonds. The van der Waals surface area contributed by atoms with Crippen LogP contribution in [0, 0.1) is 0 Å². The second kappa shape index (κ2) is 9.34. The smallest absolute Gasteiger partial charge is 0.261 e. The van der Waals surface area contributed by atoms with Gasteiger partial charge in [-0.05, 0) is 36.2 Å². The quantitative estimate of drug-likeness (QED) is 0.659. The average molecular weight is 396 g/mol. The molecule has 29 heavy (non-hydrogen) atoms. The van der Waals surface area contributed by atoms with Crippen LogP contribution in [-0.2, 0) is 9.53 Å². The van der Waals surface area contributed by atoms with E-state index in [4.69, 9.17) is 9.47 Å². The fourth-order valence-electron chi connectivity index (χ4n) is 3.31. The zero-order valence-corrected chi connectivity index (χ0v) is 16.5. The van der Waals surface area contributed by atoms with Crippen LogP contribution in [0.1, 0.15) is 45.2 Å². The number of ether oxygens (including phenoxy) is 2. The Balaban J connectivity index is 1.47. The number of hydrogen-bond acceptors (Lipinski definition) is 5. The van der Waals surface area contributed by atoms with E-state index >= 15 is 0 Å². The highest BCUT2D eigenvalue weighted by molar-refractivity contribution is 6.21. The van der Waals surface area contributed by atoms with Gasteiger partial charge in [-0.25, -0.2) is 0 Å². The second-order valence-electron chi connectivity index (χ2n) is 6.72.